The van der Waals surface area contributed by atoms with Crippen molar-refractivity contribution in [3.05, 3.63) is 59.9 Å². The molecule has 2 aromatic carbocycles. The third kappa shape index (κ3) is 3.54. The molecule has 2 aromatic rings. The maximum atomic E-state index is 12.8. The maximum absolute atomic E-state index is 12.8. The van der Waals surface area contributed by atoms with Crippen LogP contribution in [0.25, 0.3) is 0 Å². The lowest BCUT2D eigenvalue weighted by atomic mass is 10.2. The Morgan fingerprint density at radius 1 is 1.11 bits per heavy atom. The maximum Gasteiger partial charge on any atom is 0.261 e. The minimum absolute atomic E-state index is 0.0261. The first kappa shape index (κ1) is 14.0. The number of hydrogen-bond acceptors (Lipinski definition) is 2. The summed E-state index contributed by atoms with van der Waals surface area (Å²) < 4.78 is 39.4. The molecule has 0 amide bonds. The number of rotatable bonds is 4. The number of halogens is 2. The van der Waals surface area contributed by atoms with Crippen molar-refractivity contribution < 1.29 is 12.8 Å². The van der Waals surface area contributed by atoms with E-state index in [1.807, 2.05) is 6.07 Å². The van der Waals surface area contributed by atoms with Crippen molar-refractivity contribution in [1.29, 1.82) is 0 Å². The van der Waals surface area contributed by atoms with Crippen molar-refractivity contribution in [3.63, 3.8) is 0 Å². The summed E-state index contributed by atoms with van der Waals surface area (Å²) in [5.41, 5.74) is 1.43. The summed E-state index contributed by atoms with van der Waals surface area (Å²) in [6.07, 6.45) is 0. The van der Waals surface area contributed by atoms with Crippen LogP contribution in [0.2, 0.25) is 0 Å². The summed E-state index contributed by atoms with van der Waals surface area (Å²) in [4.78, 5) is 0.0261. The standard InChI is InChI=1S/C13H11BrFNO2S/c14-9-10-2-1-3-12(8-10)16-19(17,18)13-6-4-11(15)5-7-13/h1-8,16H,9H2. The van der Waals surface area contributed by atoms with Crippen molar-refractivity contribution in [3.8, 4) is 0 Å². The van der Waals surface area contributed by atoms with E-state index < -0.39 is 15.8 Å². The predicted molar refractivity (Wildman–Crippen MR) is 76.3 cm³/mol. The molecule has 0 aliphatic carbocycles. The van der Waals surface area contributed by atoms with Gasteiger partial charge in [0.15, 0.2) is 0 Å². The zero-order valence-corrected chi connectivity index (χ0v) is 12.2. The van der Waals surface area contributed by atoms with Crippen LogP contribution in [0, 0.1) is 5.82 Å². The molecule has 0 heterocycles. The monoisotopic (exact) mass is 343 g/mol. The third-order valence-electron chi connectivity index (χ3n) is 2.46. The molecule has 0 atom stereocenters. The van der Waals surface area contributed by atoms with Gasteiger partial charge in [-0.3, -0.25) is 4.72 Å². The van der Waals surface area contributed by atoms with Crippen molar-refractivity contribution in [2.24, 2.45) is 0 Å². The van der Waals surface area contributed by atoms with E-state index in [1.165, 1.54) is 12.1 Å². The van der Waals surface area contributed by atoms with Gasteiger partial charge in [0, 0.05) is 11.0 Å². The summed E-state index contributed by atoms with van der Waals surface area (Å²) in [5.74, 6) is -0.472. The zero-order chi connectivity index (χ0) is 13.9. The quantitative estimate of drug-likeness (QED) is 0.863. The van der Waals surface area contributed by atoms with E-state index in [9.17, 15) is 12.8 Å². The van der Waals surface area contributed by atoms with E-state index in [4.69, 9.17) is 0 Å². The molecule has 19 heavy (non-hydrogen) atoms. The number of anilines is 1. The average molecular weight is 344 g/mol. The second-order valence-corrected chi connectivity index (χ2v) is 6.14. The Morgan fingerprint density at radius 3 is 2.42 bits per heavy atom. The Morgan fingerprint density at radius 2 is 1.79 bits per heavy atom. The van der Waals surface area contributed by atoms with Crippen molar-refractivity contribution in [2.45, 2.75) is 10.2 Å². The van der Waals surface area contributed by atoms with Crippen LogP contribution in [-0.4, -0.2) is 8.42 Å². The van der Waals surface area contributed by atoms with Crippen LogP contribution in [0.15, 0.2) is 53.4 Å². The first-order chi connectivity index (χ1) is 9.01. The lowest BCUT2D eigenvalue weighted by molar-refractivity contribution is 0.599. The van der Waals surface area contributed by atoms with Gasteiger partial charge in [-0.05, 0) is 42.0 Å². The largest absolute Gasteiger partial charge is 0.280 e. The number of nitrogens with one attached hydrogen (secondary N) is 1. The topological polar surface area (TPSA) is 46.2 Å². The second-order valence-electron chi connectivity index (χ2n) is 3.89. The highest BCUT2D eigenvalue weighted by Gasteiger charge is 2.14. The molecule has 0 saturated carbocycles. The van der Waals surface area contributed by atoms with Crippen LogP contribution in [-0.2, 0) is 15.4 Å². The molecule has 0 bridgehead atoms. The fraction of sp³-hybridized carbons (Fsp3) is 0.0769. The molecule has 1 N–H and O–H groups in total. The molecule has 2 rings (SSSR count). The van der Waals surface area contributed by atoms with Gasteiger partial charge in [-0.25, -0.2) is 12.8 Å². The summed E-state index contributed by atoms with van der Waals surface area (Å²) in [6.45, 7) is 0. The van der Waals surface area contributed by atoms with Gasteiger partial charge >= 0.3 is 0 Å². The van der Waals surface area contributed by atoms with Crippen molar-refractivity contribution >= 4 is 31.6 Å². The molecule has 0 unspecified atom stereocenters. The fourth-order valence-electron chi connectivity index (χ4n) is 1.55. The molecule has 0 radical (unpaired) electrons. The van der Waals surface area contributed by atoms with E-state index >= 15 is 0 Å². The van der Waals surface area contributed by atoms with E-state index in [2.05, 4.69) is 20.7 Å². The summed E-state index contributed by atoms with van der Waals surface area (Å²) in [7, 11) is -3.69. The summed E-state index contributed by atoms with van der Waals surface area (Å²) in [5, 5.41) is 0.638. The Bertz CT molecular complexity index is 671. The minimum Gasteiger partial charge on any atom is -0.280 e. The van der Waals surface area contributed by atoms with Gasteiger partial charge in [0.25, 0.3) is 10.0 Å². The number of hydrogen-bond donors (Lipinski definition) is 1. The van der Waals surface area contributed by atoms with Crippen LogP contribution in [0.1, 0.15) is 5.56 Å². The van der Waals surface area contributed by atoms with Crippen LogP contribution in [0.3, 0.4) is 0 Å². The van der Waals surface area contributed by atoms with E-state index in [0.29, 0.717) is 11.0 Å². The van der Waals surface area contributed by atoms with E-state index in [1.54, 1.807) is 18.2 Å². The van der Waals surface area contributed by atoms with Gasteiger partial charge in [-0.15, -0.1) is 0 Å². The summed E-state index contributed by atoms with van der Waals surface area (Å²) in [6, 6.07) is 11.7. The van der Waals surface area contributed by atoms with Gasteiger partial charge in [0.2, 0.25) is 0 Å². The Kier molecular flexibility index (Phi) is 4.21. The number of sulfonamides is 1. The smallest absolute Gasteiger partial charge is 0.261 e. The van der Waals surface area contributed by atoms with Crippen molar-refractivity contribution in [1.82, 2.24) is 0 Å². The molecule has 0 fully saturated rings. The molecule has 6 heteroatoms. The first-order valence-electron chi connectivity index (χ1n) is 5.44. The second kappa shape index (κ2) is 5.71. The highest BCUT2D eigenvalue weighted by atomic mass is 79.9. The number of benzene rings is 2. The van der Waals surface area contributed by atoms with Gasteiger partial charge in [-0.1, -0.05) is 28.1 Å². The SMILES string of the molecule is O=S(=O)(Nc1cccc(CBr)c1)c1ccc(F)cc1. The molecule has 0 aromatic heterocycles. The third-order valence-corrected chi connectivity index (χ3v) is 4.50. The Balaban J connectivity index is 2.28. The van der Waals surface area contributed by atoms with Gasteiger partial charge < -0.3 is 0 Å². The summed E-state index contributed by atoms with van der Waals surface area (Å²) >= 11 is 3.31. The fourth-order valence-corrected chi connectivity index (χ4v) is 2.94. The van der Waals surface area contributed by atoms with E-state index in [-0.39, 0.29) is 4.90 Å². The molecule has 0 saturated heterocycles. The normalized spacial score (nSPS) is 11.3. The molecule has 3 nitrogen and oxygen atoms in total. The predicted octanol–water partition coefficient (Wildman–Crippen LogP) is 3.52. The lowest BCUT2D eigenvalue weighted by Gasteiger charge is -2.08. The van der Waals surface area contributed by atoms with E-state index in [0.717, 1.165) is 17.7 Å². The molecule has 100 valence electrons. The highest BCUT2D eigenvalue weighted by molar-refractivity contribution is 9.08. The first-order valence-corrected chi connectivity index (χ1v) is 8.05. The van der Waals surface area contributed by atoms with Gasteiger partial charge in [0.05, 0.1) is 4.90 Å². The van der Waals surface area contributed by atoms with Gasteiger partial charge in [0.1, 0.15) is 5.82 Å². The zero-order valence-electron chi connectivity index (χ0n) is 9.81. The Hall–Kier alpha value is -1.40. The van der Waals surface area contributed by atoms with Crippen LogP contribution in [0.5, 0.6) is 0 Å². The molecule has 0 spiro atoms. The van der Waals surface area contributed by atoms with Crippen molar-refractivity contribution in [2.75, 3.05) is 4.72 Å². The molecule has 0 aliphatic heterocycles. The molecular formula is C13H11BrFNO2S. The average Bonchev–Trinajstić information content (AvgIpc) is 2.39. The number of alkyl halides is 1. The molecule has 0 aliphatic rings. The molecular weight excluding hydrogens is 333 g/mol. The lowest BCUT2D eigenvalue weighted by Crippen LogP contribution is -2.13. The van der Waals surface area contributed by atoms with Crippen LogP contribution < -0.4 is 4.72 Å². The van der Waals surface area contributed by atoms with Gasteiger partial charge in [-0.2, -0.15) is 0 Å². The van der Waals surface area contributed by atoms with Crippen LogP contribution in [0.4, 0.5) is 10.1 Å². The highest BCUT2D eigenvalue weighted by Crippen LogP contribution is 2.18. The van der Waals surface area contributed by atoms with Crippen LogP contribution >= 0.6 is 15.9 Å². The minimum atomic E-state index is -3.69. The Labute approximate surface area is 119 Å².